The molecule has 152 valence electrons. The van der Waals surface area contributed by atoms with Crippen LogP contribution < -0.4 is 15.0 Å². The fraction of sp³-hybridized carbons (Fsp3) is 0.318. The lowest BCUT2D eigenvalue weighted by molar-refractivity contribution is -0.118. The van der Waals surface area contributed by atoms with Crippen molar-refractivity contribution in [1.29, 1.82) is 0 Å². The normalized spacial score (nSPS) is 10.8. The molecule has 7 heteroatoms. The number of nitrogens with zero attached hydrogens (tertiary/aromatic N) is 3. The second-order valence-electron chi connectivity index (χ2n) is 6.91. The van der Waals surface area contributed by atoms with Gasteiger partial charge in [0, 0.05) is 31.4 Å². The van der Waals surface area contributed by atoms with Gasteiger partial charge in [-0.3, -0.25) is 18.9 Å². The molecule has 0 fully saturated rings. The topological polar surface area (TPSA) is 75.9 Å². The molecule has 0 aliphatic heterocycles. The van der Waals surface area contributed by atoms with Crippen LogP contribution in [0.15, 0.2) is 42.6 Å². The van der Waals surface area contributed by atoms with Crippen LogP contribution >= 0.6 is 0 Å². The summed E-state index contributed by atoms with van der Waals surface area (Å²) < 4.78 is 6.99. The Kier molecular flexibility index (Phi) is 6.16. The molecule has 2 amide bonds. The number of hydrogen-bond donors (Lipinski definition) is 1. The number of nitrogens with one attached hydrogen (secondary N) is 1. The first-order valence-electron chi connectivity index (χ1n) is 9.65. The summed E-state index contributed by atoms with van der Waals surface area (Å²) >= 11 is 0. The number of amides is 2. The summed E-state index contributed by atoms with van der Waals surface area (Å²) in [6, 6.07) is 10.7. The number of unbranched alkanes of at least 4 members (excludes halogenated alkanes) is 1. The van der Waals surface area contributed by atoms with Crippen molar-refractivity contribution in [3.8, 4) is 5.75 Å². The molecular weight excluding hydrogens is 368 g/mol. The maximum atomic E-state index is 12.8. The van der Waals surface area contributed by atoms with Gasteiger partial charge in [-0.1, -0.05) is 19.4 Å². The number of hydrogen-bond acceptors (Lipinski definition) is 4. The first kappa shape index (κ1) is 20.4. The zero-order valence-corrected chi connectivity index (χ0v) is 17.2. The SMILES string of the molecule is CCCCC(=O)N(C)c1c(C)nc2ccc(C(=O)Nc3cccc(OC)c3)cn12. The lowest BCUT2D eigenvalue weighted by Gasteiger charge is -2.18. The number of aryl methyl sites for hydroxylation is 1. The Bertz CT molecular complexity index is 1040. The summed E-state index contributed by atoms with van der Waals surface area (Å²) in [7, 11) is 3.33. The summed E-state index contributed by atoms with van der Waals surface area (Å²) in [5, 5.41) is 2.87. The highest BCUT2D eigenvalue weighted by Gasteiger charge is 2.19. The van der Waals surface area contributed by atoms with Crippen LogP contribution in [-0.2, 0) is 4.79 Å². The molecule has 0 aliphatic carbocycles. The van der Waals surface area contributed by atoms with E-state index in [4.69, 9.17) is 4.74 Å². The maximum absolute atomic E-state index is 12.8. The van der Waals surface area contributed by atoms with Gasteiger partial charge in [0.15, 0.2) is 0 Å². The van der Waals surface area contributed by atoms with Crippen molar-refractivity contribution in [2.45, 2.75) is 33.1 Å². The van der Waals surface area contributed by atoms with Crippen molar-refractivity contribution in [1.82, 2.24) is 9.38 Å². The van der Waals surface area contributed by atoms with Crippen LogP contribution in [0.1, 0.15) is 42.2 Å². The van der Waals surface area contributed by atoms with Crippen LogP contribution in [0.4, 0.5) is 11.5 Å². The van der Waals surface area contributed by atoms with E-state index in [1.54, 1.807) is 53.9 Å². The van der Waals surface area contributed by atoms with Crippen LogP contribution in [-0.4, -0.2) is 35.4 Å². The molecule has 0 aliphatic rings. The number of carbonyl (C=O) groups is 2. The predicted molar refractivity (Wildman–Crippen MR) is 114 cm³/mol. The molecule has 0 atom stereocenters. The number of ether oxygens (including phenoxy) is 1. The number of pyridine rings is 1. The molecule has 0 saturated heterocycles. The fourth-order valence-corrected chi connectivity index (χ4v) is 3.21. The van der Waals surface area contributed by atoms with Crippen molar-refractivity contribution in [3.05, 3.63) is 53.9 Å². The molecule has 0 saturated carbocycles. The molecule has 0 unspecified atom stereocenters. The Balaban J connectivity index is 1.90. The molecule has 0 spiro atoms. The first-order chi connectivity index (χ1) is 13.9. The Morgan fingerprint density at radius 3 is 2.76 bits per heavy atom. The van der Waals surface area contributed by atoms with E-state index in [0.717, 1.165) is 18.5 Å². The van der Waals surface area contributed by atoms with E-state index in [1.807, 2.05) is 19.1 Å². The van der Waals surface area contributed by atoms with Crippen LogP contribution in [0.25, 0.3) is 5.65 Å². The third-order valence-electron chi connectivity index (χ3n) is 4.79. The van der Waals surface area contributed by atoms with Crippen LogP contribution in [0.2, 0.25) is 0 Å². The quantitative estimate of drug-likeness (QED) is 0.656. The number of anilines is 2. The summed E-state index contributed by atoms with van der Waals surface area (Å²) in [6.07, 6.45) is 3.99. The monoisotopic (exact) mass is 394 g/mol. The van der Waals surface area contributed by atoms with Gasteiger partial charge in [0.05, 0.1) is 18.4 Å². The molecule has 0 bridgehead atoms. The summed E-state index contributed by atoms with van der Waals surface area (Å²) in [5.74, 6) is 1.12. The minimum atomic E-state index is -0.252. The van der Waals surface area contributed by atoms with E-state index in [-0.39, 0.29) is 11.8 Å². The van der Waals surface area contributed by atoms with E-state index >= 15 is 0 Å². The van der Waals surface area contributed by atoms with Crippen molar-refractivity contribution in [3.63, 3.8) is 0 Å². The highest BCUT2D eigenvalue weighted by molar-refractivity contribution is 6.04. The lowest BCUT2D eigenvalue weighted by atomic mass is 10.2. The van der Waals surface area contributed by atoms with Gasteiger partial charge in [-0.15, -0.1) is 0 Å². The number of rotatable bonds is 7. The van der Waals surface area contributed by atoms with Gasteiger partial charge >= 0.3 is 0 Å². The molecule has 3 rings (SSSR count). The van der Waals surface area contributed by atoms with Crippen LogP contribution in [0, 0.1) is 6.92 Å². The van der Waals surface area contributed by atoms with Crippen molar-refractivity contribution < 1.29 is 14.3 Å². The summed E-state index contributed by atoms with van der Waals surface area (Å²) in [4.78, 5) is 31.4. The third kappa shape index (κ3) is 4.39. The smallest absolute Gasteiger partial charge is 0.257 e. The third-order valence-corrected chi connectivity index (χ3v) is 4.79. The standard InChI is InChI=1S/C22H26N4O3/c1-5-6-10-20(27)25(3)22-15(2)23-19-12-11-16(14-26(19)22)21(28)24-17-8-7-9-18(13-17)29-4/h7-9,11-14H,5-6,10H2,1-4H3,(H,24,28). The number of carbonyl (C=O) groups excluding carboxylic acids is 2. The zero-order valence-electron chi connectivity index (χ0n) is 17.2. The zero-order chi connectivity index (χ0) is 21.0. The van der Waals surface area contributed by atoms with Gasteiger partial charge in [-0.05, 0) is 37.6 Å². The van der Waals surface area contributed by atoms with Crippen molar-refractivity contribution >= 4 is 29.0 Å². The number of methoxy groups -OCH3 is 1. The first-order valence-corrected chi connectivity index (χ1v) is 9.65. The molecule has 1 aromatic carbocycles. The molecule has 2 heterocycles. The van der Waals surface area contributed by atoms with Gasteiger partial charge in [0.1, 0.15) is 17.2 Å². The molecule has 2 aromatic heterocycles. The predicted octanol–water partition coefficient (Wildman–Crippen LogP) is 4.06. The number of fused-ring (bicyclic) bond motifs is 1. The average Bonchev–Trinajstić information content (AvgIpc) is 3.06. The minimum absolute atomic E-state index is 0.0305. The van der Waals surface area contributed by atoms with E-state index < -0.39 is 0 Å². The molecule has 1 N–H and O–H groups in total. The molecule has 3 aromatic rings. The summed E-state index contributed by atoms with van der Waals surface area (Å²) in [5.41, 5.74) is 2.53. The Morgan fingerprint density at radius 2 is 2.03 bits per heavy atom. The van der Waals surface area contributed by atoms with Gasteiger partial charge in [0.2, 0.25) is 5.91 Å². The highest BCUT2D eigenvalue weighted by Crippen LogP contribution is 2.23. The molecule has 0 radical (unpaired) electrons. The summed E-state index contributed by atoms with van der Waals surface area (Å²) in [6.45, 7) is 3.92. The number of aromatic nitrogens is 2. The lowest BCUT2D eigenvalue weighted by Crippen LogP contribution is -2.27. The van der Waals surface area contributed by atoms with Gasteiger partial charge in [-0.25, -0.2) is 4.98 Å². The van der Waals surface area contributed by atoms with Crippen LogP contribution in [0.3, 0.4) is 0 Å². The van der Waals surface area contributed by atoms with Gasteiger partial charge in [-0.2, -0.15) is 0 Å². The Morgan fingerprint density at radius 1 is 1.24 bits per heavy atom. The van der Waals surface area contributed by atoms with E-state index in [2.05, 4.69) is 17.2 Å². The fourth-order valence-electron chi connectivity index (χ4n) is 3.21. The average molecular weight is 394 g/mol. The second-order valence-corrected chi connectivity index (χ2v) is 6.91. The maximum Gasteiger partial charge on any atom is 0.257 e. The van der Waals surface area contributed by atoms with E-state index in [1.165, 1.54) is 0 Å². The second kappa shape index (κ2) is 8.77. The number of imidazole rings is 1. The Hall–Kier alpha value is -3.35. The molecular formula is C22H26N4O3. The Labute approximate surface area is 170 Å². The molecule has 7 nitrogen and oxygen atoms in total. The molecule has 29 heavy (non-hydrogen) atoms. The van der Waals surface area contributed by atoms with Crippen molar-refractivity contribution in [2.24, 2.45) is 0 Å². The van der Waals surface area contributed by atoms with E-state index in [9.17, 15) is 9.59 Å². The largest absolute Gasteiger partial charge is 0.497 e. The number of benzene rings is 1. The minimum Gasteiger partial charge on any atom is -0.497 e. The van der Waals surface area contributed by atoms with Gasteiger partial charge in [0.25, 0.3) is 5.91 Å². The van der Waals surface area contributed by atoms with Crippen LogP contribution in [0.5, 0.6) is 5.75 Å². The van der Waals surface area contributed by atoms with E-state index in [0.29, 0.717) is 34.9 Å². The van der Waals surface area contributed by atoms with Crippen molar-refractivity contribution in [2.75, 3.05) is 24.4 Å². The highest BCUT2D eigenvalue weighted by atomic mass is 16.5. The van der Waals surface area contributed by atoms with Gasteiger partial charge < -0.3 is 10.1 Å².